The first-order valence-corrected chi connectivity index (χ1v) is 16.3. The van der Waals surface area contributed by atoms with Gasteiger partial charge in [-0.15, -0.1) is 0 Å². The highest BCUT2D eigenvalue weighted by Gasteiger charge is 2.50. The summed E-state index contributed by atoms with van der Waals surface area (Å²) in [6.07, 6.45) is 8.38. The molecule has 0 saturated heterocycles. The van der Waals surface area contributed by atoms with Crippen LogP contribution in [0.15, 0.2) is 42.7 Å². The van der Waals surface area contributed by atoms with Crippen molar-refractivity contribution in [2.24, 2.45) is 27.6 Å². The van der Waals surface area contributed by atoms with Crippen molar-refractivity contribution in [3.8, 4) is 5.75 Å². The molecule has 0 fully saturated rings. The second kappa shape index (κ2) is 17.3. The van der Waals surface area contributed by atoms with Crippen molar-refractivity contribution in [1.29, 1.82) is 0 Å². The van der Waals surface area contributed by atoms with Crippen LogP contribution < -0.4 is 4.74 Å². The van der Waals surface area contributed by atoms with E-state index in [0.717, 1.165) is 69.4 Å². The number of carbonyl (C=O) groups is 1. The van der Waals surface area contributed by atoms with Crippen LogP contribution in [0.25, 0.3) is 0 Å². The number of rotatable bonds is 22. The first kappa shape index (κ1) is 38.0. The van der Waals surface area contributed by atoms with Crippen LogP contribution in [0.3, 0.4) is 0 Å². The molecule has 2 atom stereocenters. The summed E-state index contributed by atoms with van der Waals surface area (Å²) < 4.78 is 17.8. The number of esters is 1. The van der Waals surface area contributed by atoms with Gasteiger partial charge in [0, 0.05) is 12.5 Å². The number of likely N-dealkylation sites (N-methyl/N-ethyl adjacent to an activating group) is 1. The highest BCUT2D eigenvalue weighted by Crippen LogP contribution is 2.51. The number of hydrogen-bond acceptors (Lipinski definition) is 5. The van der Waals surface area contributed by atoms with Crippen LogP contribution in [0.2, 0.25) is 0 Å². The van der Waals surface area contributed by atoms with Crippen LogP contribution in [0.4, 0.5) is 0 Å². The molecule has 0 aliphatic carbocycles. The second-order valence-corrected chi connectivity index (χ2v) is 14.9. The molecule has 0 bridgehead atoms. The van der Waals surface area contributed by atoms with Crippen LogP contribution in [0.1, 0.15) is 114 Å². The Morgan fingerprint density at radius 2 is 1.50 bits per heavy atom. The van der Waals surface area contributed by atoms with Crippen LogP contribution >= 0.6 is 0 Å². The molecule has 42 heavy (non-hydrogen) atoms. The summed E-state index contributed by atoms with van der Waals surface area (Å²) >= 11 is 0. The summed E-state index contributed by atoms with van der Waals surface area (Å²) in [4.78, 5) is 15.5. The maximum absolute atomic E-state index is 13.5. The molecule has 0 radical (unpaired) electrons. The van der Waals surface area contributed by atoms with Gasteiger partial charge in [-0.05, 0) is 81.5 Å². The van der Waals surface area contributed by atoms with Gasteiger partial charge in [0.15, 0.2) is 0 Å². The van der Waals surface area contributed by atoms with Crippen LogP contribution in [-0.2, 0) is 14.3 Å². The standard InChI is InChI=1S/C37H65NO4/c1-13-20-32(30(3)40-27-28-41-31-21-16-15-17-22-31)35(6,7)24-19-18-23-34(4,5)29-37(10,36(8,9)14-2)33(39)42-26-25-38(11)12/h15-17,21-22,32H,3,13-14,18-20,23-29H2,1-2,4-12H3. The summed E-state index contributed by atoms with van der Waals surface area (Å²) in [5.41, 5.74) is -0.573. The van der Waals surface area contributed by atoms with Gasteiger partial charge in [-0.25, -0.2) is 0 Å². The fraction of sp³-hybridized carbons (Fsp3) is 0.757. The number of hydrogen-bond donors (Lipinski definition) is 0. The summed E-state index contributed by atoms with van der Waals surface area (Å²) in [6, 6.07) is 9.85. The molecule has 0 saturated carbocycles. The number of benzene rings is 1. The van der Waals surface area contributed by atoms with Crippen molar-refractivity contribution in [2.45, 2.75) is 114 Å². The third-order valence-electron chi connectivity index (χ3n) is 9.65. The number of ether oxygens (including phenoxy) is 3. The highest BCUT2D eigenvalue weighted by atomic mass is 16.5. The molecule has 0 spiro atoms. The molecule has 0 N–H and O–H groups in total. The number of nitrogens with zero attached hydrogens (tertiary/aromatic N) is 1. The van der Waals surface area contributed by atoms with Gasteiger partial charge in [-0.1, -0.05) is 99.4 Å². The normalized spacial score (nSPS) is 14.8. The van der Waals surface area contributed by atoms with E-state index in [1.807, 2.05) is 49.3 Å². The van der Waals surface area contributed by atoms with E-state index in [0.29, 0.717) is 25.7 Å². The molecule has 242 valence electrons. The van der Waals surface area contributed by atoms with E-state index in [2.05, 4.69) is 68.9 Å². The van der Waals surface area contributed by atoms with E-state index >= 15 is 0 Å². The van der Waals surface area contributed by atoms with E-state index in [4.69, 9.17) is 14.2 Å². The predicted octanol–water partition coefficient (Wildman–Crippen LogP) is 9.56. The van der Waals surface area contributed by atoms with Gasteiger partial charge < -0.3 is 19.1 Å². The molecule has 0 aromatic heterocycles. The average Bonchev–Trinajstić information content (AvgIpc) is 2.91. The highest BCUT2D eigenvalue weighted by molar-refractivity contribution is 5.77. The topological polar surface area (TPSA) is 48.0 Å². The van der Waals surface area contributed by atoms with Gasteiger partial charge in [0.25, 0.3) is 0 Å². The van der Waals surface area contributed by atoms with Gasteiger partial charge >= 0.3 is 5.97 Å². The van der Waals surface area contributed by atoms with Crippen molar-refractivity contribution >= 4 is 5.97 Å². The minimum absolute atomic E-state index is 0.0280. The molecule has 0 aliphatic rings. The first-order valence-electron chi connectivity index (χ1n) is 16.3. The van der Waals surface area contributed by atoms with Crippen LogP contribution in [0.5, 0.6) is 5.75 Å². The summed E-state index contributed by atoms with van der Waals surface area (Å²) in [5, 5.41) is 0. The minimum Gasteiger partial charge on any atom is -0.495 e. The number of carbonyl (C=O) groups excluding carboxylic acids is 1. The largest absolute Gasteiger partial charge is 0.495 e. The van der Waals surface area contributed by atoms with Crippen molar-refractivity contribution in [2.75, 3.05) is 40.5 Å². The fourth-order valence-electron chi connectivity index (χ4n) is 6.09. The Balaban J connectivity index is 2.71. The fourth-order valence-corrected chi connectivity index (χ4v) is 6.09. The molecular weight excluding hydrogens is 522 g/mol. The Kier molecular flexibility index (Phi) is 15.7. The van der Waals surface area contributed by atoms with E-state index < -0.39 is 5.41 Å². The van der Waals surface area contributed by atoms with E-state index in [1.165, 1.54) is 0 Å². The molecule has 0 amide bonds. The van der Waals surface area contributed by atoms with Crippen molar-refractivity contribution in [3.05, 3.63) is 42.7 Å². The molecular formula is C37H65NO4. The Bertz CT molecular complexity index is 921. The van der Waals surface area contributed by atoms with Crippen molar-refractivity contribution in [3.63, 3.8) is 0 Å². The second-order valence-electron chi connectivity index (χ2n) is 14.9. The Morgan fingerprint density at radius 3 is 2.07 bits per heavy atom. The van der Waals surface area contributed by atoms with Crippen LogP contribution in [-0.4, -0.2) is 51.3 Å². The zero-order valence-corrected chi connectivity index (χ0v) is 29.2. The molecule has 0 heterocycles. The SMILES string of the molecule is C=C(OCCOc1ccccc1)C(CCC)C(C)(C)CCCCC(C)(C)CC(C)(C(=O)OCCN(C)C)C(C)(C)CC. The third-order valence-corrected chi connectivity index (χ3v) is 9.65. The zero-order valence-electron chi connectivity index (χ0n) is 29.2. The quantitative estimate of drug-likeness (QED) is 0.0768. The Morgan fingerprint density at radius 1 is 0.881 bits per heavy atom. The van der Waals surface area contributed by atoms with E-state index in [-0.39, 0.29) is 22.2 Å². The lowest BCUT2D eigenvalue weighted by atomic mass is 9.58. The molecule has 5 heteroatoms. The maximum Gasteiger partial charge on any atom is 0.312 e. The van der Waals surface area contributed by atoms with Crippen molar-refractivity contribution in [1.82, 2.24) is 4.90 Å². The van der Waals surface area contributed by atoms with E-state index in [1.54, 1.807) is 0 Å². The molecule has 2 unspecified atom stereocenters. The number of allylic oxidation sites excluding steroid dienone is 1. The number of para-hydroxylation sites is 1. The smallest absolute Gasteiger partial charge is 0.312 e. The maximum atomic E-state index is 13.5. The molecule has 1 rings (SSSR count). The van der Waals surface area contributed by atoms with Gasteiger partial charge in [-0.3, -0.25) is 4.79 Å². The Labute approximate surface area is 259 Å². The van der Waals surface area contributed by atoms with Crippen LogP contribution in [0, 0.1) is 27.6 Å². The van der Waals surface area contributed by atoms with E-state index in [9.17, 15) is 4.79 Å². The summed E-state index contributed by atoms with van der Waals surface area (Å²) in [5.74, 6) is 1.99. The lowest BCUT2D eigenvalue weighted by Crippen LogP contribution is -2.46. The lowest BCUT2D eigenvalue weighted by molar-refractivity contribution is -0.166. The number of unbranched alkanes of at least 4 members (excludes halogenated alkanes) is 1. The first-order chi connectivity index (χ1) is 19.5. The predicted molar refractivity (Wildman–Crippen MR) is 178 cm³/mol. The molecule has 5 nitrogen and oxygen atoms in total. The zero-order chi connectivity index (χ0) is 32.0. The molecule has 1 aromatic carbocycles. The summed E-state index contributed by atoms with van der Waals surface area (Å²) in [7, 11) is 4.01. The van der Waals surface area contributed by atoms with Gasteiger partial charge in [0.2, 0.25) is 0 Å². The van der Waals surface area contributed by atoms with Crippen molar-refractivity contribution < 1.29 is 19.0 Å². The summed E-state index contributed by atoms with van der Waals surface area (Å²) in [6.45, 7) is 26.9. The third kappa shape index (κ3) is 12.3. The monoisotopic (exact) mass is 587 g/mol. The molecule has 0 aliphatic heterocycles. The van der Waals surface area contributed by atoms with Gasteiger partial charge in [0.05, 0.1) is 11.2 Å². The lowest BCUT2D eigenvalue weighted by Gasteiger charge is -2.46. The average molecular weight is 588 g/mol. The van der Waals surface area contributed by atoms with Gasteiger partial charge in [0.1, 0.15) is 25.6 Å². The van der Waals surface area contributed by atoms with Gasteiger partial charge in [-0.2, -0.15) is 0 Å². The Hall–Kier alpha value is -2.01. The minimum atomic E-state index is -0.539. The molecule has 1 aromatic rings.